The maximum atomic E-state index is 12.3. The Balaban J connectivity index is 1.52. The van der Waals surface area contributed by atoms with Crippen LogP contribution in [0.2, 0.25) is 0 Å². The van der Waals surface area contributed by atoms with Crippen LogP contribution in [0.4, 0.5) is 10.5 Å². The van der Waals surface area contributed by atoms with Gasteiger partial charge in [0, 0.05) is 12.6 Å². The topological polar surface area (TPSA) is 70.6 Å². The minimum Gasteiger partial charge on any atom is -0.488 e. The number of hydrogen-bond donors (Lipinski definition) is 3. The molecular weight excluding hydrogens is 304 g/mol. The summed E-state index contributed by atoms with van der Waals surface area (Å²) in [5.74, 6) is 1.15. The Bertz CT molecular complexity index is 535. The molecule has 0 aliphatic heterocycles. The quantitative estimate of drug-likeness (QED) is 0.770. The lowest BCUT2D eigenvalue weighted by Crippen LogP contribution is -2.40. The number of aliphatic hydroxyl groups excluding tert-OH is 1. The van der Waals surface area contributed by atoms with Crippen LogP contribution in [0, 0.1) is 5.92 Å². The minimum atomic E-state index is -0.176. The van der Waals surface area contributed by atoms with Gasteiger partial charge < -0.3 is 20.5 Å². The van der Waals surface area contributed by atoms with Gasteiger partial charge in [-0.1, -0.05) is 12.1 Å². The van der Waals surface area contributed by atoms with E-state index >= 15 is 0 Å². The van der Waals surface area contributed by atoms with Gasteiger partial charge >= 0.3 is 6.03 Å². The molecule has 2 aliphatic carbocycles. The highest BCUT2D eigenvalue weighted by atomic mass is 16.5. The van der Waals surface area contributed by atoms with E-state index in [9.17, 15) is 9.90 Å². The van der Waals surface area contributed by atoms with Gasteiger partial charge in [-0.15, -0.1) is 0 Å². The second kappa shape index (κ2) is 8.38. The molecule has 0 saturated heterocycles. The second-order valence-corrected chi connectivity index (χ2v) is 7.02. The van der Waals surface area contributed by atoms with Crippen LogP contribution >= 0.6 is 0 Å². The van der Waals surface area contributed by atoms with Crippen molar-refractivity contribution in [3.8, 4) is 5.75 Å². The number of carbonyl (C=O) groups is 1. The molecule has 1 aromatic carbocycles. The monoisotopic (exact) mass is 332 g/mol. The first-order valence-electron chi connectivity index (χ1n) is 9.18. The number of amides is 2. The van der Waals surface area contributed by atoms with Gasteiger partial charge in [0.25, 0.3) is 0 Å². The van der Waals surface area contributed by atoms with Crippen LogP contribution in [0.5, 0.6) is 5.75 Å². The molecule has 1 aromatic rings. The summed E-state index contributed by atoms with van der Waals surface area (Å²) < 4.78 is 6.06. The lowest BCUT2D eigenvalue weighted by Gasteiger charge is -2.28. The number of rotatable bonds is 5. The highest BCUT2D eigenvalue weighted by molar-refractivity contribution is 5.91. The van der Waals surface area contributed by atoms with E-state index < -0.39 is 0 Å². The molecule has 2 aliphatic rings. The molecule has 0 unspecified atom stereocenters. The van der Waals surface area contributed by atoms with E-state index in [4.69, 9.17) is 4.74 Å². The van der Waals surface area contributed by atoms with E-state index in [0.29, 0.717) is 5.92 Å². The van der Waals surface area contributed by atoms with Crippen molar-refractivity contribution in [2.24, 2.45) is 5.92 Å². The largest absolute Gasteiger partial charge is 0.488 e. The molecule has 0 heterocycles. The highest BCUT2D eigenvalue weighted by Gasteiger charge is 2.22. The summed E-state index contributed by atoms with van der Waals surface area (Å²) in [6.07, 6.45) is 8.70. The Morgan fingerprint density at radius 2 is 1.79 bits per heavy atom. The summed E-state index contributed by atoms with van der Waals surface area (Å²) in [7, 11) is 0. The van der Waals surface area contributed by atoms with Crippen molar-refractivity contribution < 1.29 is 14.6 Å². The van der Waals surface area contributed by atoms with Crippen molar-refractivity contribution in [3.63, 3.8) is 0 Å². The number of carbonyl (C=O) groups excluding carboxylic acids is 1. The van der Waals surface area contributed by atoms with Gasteiger partial charge in [0.05, 0.1) is 11.8 Å². The summed E-state index contributed by atoms with van der Waals surface area (Å²) in [5, 5.41) is 15.2. The molecule has 3 N–H and O–H groups in total. The number of nitrogens with one attached hydrogen (secondary N) is 2. The molecule has 0 radical (unpaired) electrons. The van der Waals surface area contributed by atoms with E-state index in [-0.39, 0.29) is 24.8 Å². The molecule has 0 aromatic heterocycles. The highest BCUT2D eigenvalue weighted by Crippen LogP contribution is 2.30. The third kappa shape index (κ3) is 4.63. The van der Waals surface area contributed by atoms with Crippen molar-refractivity contribution in [1.29, 1.82) is 0 Å². The summed E-state index contributed by atoms with van der Waals surface area (Å²) >= 11 is 0. The minimum absolute atomic E-state index is 0.176. The SMILES string of the molecule is O=C(Nc1ccccc1OC1CCCC1)NC1CCC(CO)CC1. The van der Waals surface area contributed by atoms with Crippen molar-refractivity contribution in [3.05, 3.63) is 24.3 Å². The van der Waals surface area contributed by atoms with Gasteiger partial charge in [-0.3, -0.25) is 0 Å². The molecule has 5 nitrogen and oxygen atoms in total. The summed E-state index contributed by atoms with van der Waals surface area (Å²) in [6.45, 7) is 0.255. The van der Waals surface area contributed by atoms with E-state index in [1.165, 1.54) is 12.8 Å². The second-order valence-electron chi connectivity index (χ2n) is 7.02. The molecule has 0 atom stereocenters. The maximum absolute atomic E-state index is 12.3. The molecule has 132 valence electrons. The fourth-order valence-corrected chi connectivity index (χ4v) is 3.69. The van der Waals surface area contributed by atoms with Crippen LogP contribution in [-0.2, 0) is 0 Å². The molecule has 0 bridgehead atoms. The van der Waals surface area contributed by atoms with E-state index in [1.807, 2.05) is 24.3 Å². The Hall–Kier alpha value is -1.75. The van der Waals surface area contributed by atoms with E-state index in [1.54, 1.807) is 0 Å². The smallest absolute Gasteiger partial charge is 0.319 e. The number of ether oxygens (including phenoxy) is 1. The number of para-hydroxylation sites is 2. The normalized spacial score (nSPS) is 24.5. The first-order chi connectivity index (χ1) is 11.7. The number of benzene rings is 1. The summed E-state index contributed by atoms with van der Waals surface area (Å²) in [6, 6.07) is 7.65. The zero-order valence-corrected chi connectivity index (χ0v) is 14.2. The molecule has 0 spiro atoms. The fourth-order valence-electron chi connectivity index (χ4n) is 3.69. The molecule has 2 amide bonds. The predicted octanol–water partition coefficient (Wildman–Crippen LogP) is 3.68. The molecule has 24 heavy (non-hydrogen) atoms. The lowest BCUT2D eigenvalue weighted by molar-refractivity contribution is 0.176. The van der Waals surface area contributed by atoms with Gasteiger partial charge in [-0.25, -0.2) is 4.79 Å². The predicted molar refractivity (Wildman–Crippen MR) is 94.3 cm³/mol. The van der Waals surface area contributed by atoms with Crippen molar-refractivity contribution in [1.82, 2.24) is 5.32 Å². The molecule has 3 rings (SSSR count). The molecule has 5 heteroatoms. The third-order valence-electron chi connectivity index (χ3n) is 5.17. The number of urea groups is 1. The first kappa shape index (κ1) is 17.1. The average molecular weight is 332 g/mol. The zero-order valence-electron chi connectivity index (χ0n) is 14.2. The van der Waals surface area contributed by atoms with Gasteiger partial charge in [-0.2, -0.15) is 0 Å². The van der Waals surface area contributed by atoms with Crippen LogP contribution in [0.1, 0.15) is 51.4 Å². The van der Waals surface area contributed by atoms with Crippen LogP contribution < -0.4 is 15.4 Å². The van der Waals surface area contributed by atoms with E-state index in [2.05, 4.69) is 10.6 Å². The Morgan fingerprint density at radius 1 is 1.08 bits per heavy atom. The van der Waals surface area contributed by atoms with Crippen molar-refractivity contribution >= 4 is 11.7 Å². The Labute approximate surface area is 143 Å². The van der Waals surface area contributed by atoms with Crippen LogP contribution in [0.3, 0.4) is 0 Å². The maximum Gasteiger partial charge on any atom is 0.319 e. The number of hydrogen-bond acceptors (Lipinski definition) is 3. The van der Waals surface area contributed by atoms with E-state index in [0.717, 1.165) is 50.0 Å². The molecule has 2 saturated carbocycles. The summed E-state index contributed by atoms with van der Waals surface area (Å²) in [4.78, 5) is 12.3. The van der Waals surface area contributed by atoms with Gasteiger partial charge in [-0.05, 0) is 69.4 Å². The van der Waals surface area contributed by atoms with Gasteiger partial charge in [0.15, 0.2) is 0 Å². The Morgan fingerprint density at radius 3 is 2.50 bits per heavy atom. The molecular formula is C19H28N2O3. The lowest BCUT2D eigenvalue weighted by atomic mass is 9.87. The molecule has 2 fully saturated rings. The fraction of sp³-hybridized carbons (Fsp3) is 0.632. The first-order valence-corrected chi connectivity index (χ1v) is 9.18. The van der Waals surface area contributed by atoms with Crippen molar-refractivity contribution in [2.75, 3.05) is 11.9 Å². The average Bonchev–Trinajstić information content (AvgIpc) is 3.10. The summed E-state index contributed by atoms with van der Waals surface area (Å²) in [5.41, 5.74) is 0.728. The zero-order chi connectivity index (χ0) is 16.8. The number of aliphatic hydroxyl groups is 1. The third-order valence-corrected chi connectivity index (χ3v) is 5.17. The number of anilines is 1. The van der Waals surface area contributed by atoms with Gasteiger partial charge in [0.1, 0.15) is 5.75 Å². The van der Waals surface area contributed by atoms with Crippen LogP contribution in [0.15, 0.2) is 24.3 Å². The van der Waals surface area contributed by atoms with Gasteiger partial charge in [0.2, 0.25) is 0 Å². The van der Waals surface area contributed by atoms with Crippen LogP contribution in [0.25, 0.3) is 0 Å². The Kier molecular flexibility index (Phi) is 5.96. The van der Waals surface area contributed by atoms with Crippen LogP contribution in [-0.4, -0.2) is 29.9 Å². The standard InChI is InChI=1S/C19H28N2O3/c22-13-14-9-11-15(12-10-14)20-19(23)21-17-7-3-4-8-18(17)24-16-5-1-2-6-16/h3-4,7-8,14-16,22H,1-2,5-6,9-13H2,(H2,20,21,23). The van der Waals surface area contributed by atoms with Crippen molar-refractivity contribution in [2.45, 2.75) is 63.5 Å².